The molecule has 1 amide bonds. The average Bonchev–Trinajstić information content (AvgIpc) is 2.78. The number of carboxylic acid groups (broad SMARTS) is 1. The number of carboxylic acids is 1. The summed E-state index contributed by atoms with van der Waals surface area (Å²) in [4.78, 5) is 23.5. The average molecular weight is 423 g/mol. The number of benzene rings is 3. The van der Waals surface area contributed by atoms with Crippen LogP contribution in [-0.4, -0.2) is 23.2 Å². The topological polar surface area (TPSA) is 84.9 Å². The minimum absolute atomic E-state index is 0.0667. The lowest BCUT2D eigenvalue weighted by Crippen LogP contribution is -2.42. The van der Waals surface area contributed by atoms with E-state index in [9.17, 15) is 19.1 Å². The first-order chi connectivity index (χ1) is 15.0. The van der Waals surface area contributed by atoms with E-state index in [-0.39, 0.29) is 19.6 Å². The summed E-state index contributed by atoms with van der Waals surface area (Å²) in [5.74, 6) is -1.02. The van der Waals surface area contributed by atoms with Gasteiger partial charge in [0.05, 0.1) is 0 Å². The maximum absolute atomic E-state index is 14.3. The van der Waals surface area contributed by atoms with E-state index in [4.69, 9.17) is 9.47 Å². The Bertz CT molecular complexity index is 1010. The Labute approximate surface area is 179 Å². The quantitative estimate of drug-likeness (QED) is 0.535. The number of hydrogen-bond donors (Lipinski definition) is 2. The van der Waals surface area contributed by atoms with Crippen LogP contribution in [0.4, 0.5) is 9.18 Å². The van der Waals surface area contributed by atoms with Crippen LogP contribution in [0.1, 0.15) is 16.7 Å². The predicted molar refractivity (Wildman–Crippen MR) is 112 cm³/mol. The molecule has 31 heavy (non-hydrogen) atoms. The fourth-order valence-corrected chi connectivity index (χ4v) is 2.86. The molecule has 0 aliphatic heterocycles. The van der Waals surface area contributed by atoms with Crippen LogP contribution in [0.25, 0.3) is 0 Å². The van der Waals surface area contributed by atoms with E-state index in [1.54, 1.807) is 48.5 Å². The number of rotatable bonds is 9. The Balaban J connectivity index is 1.50. The summed E-state index contributed by atoms with van der Waals surface area (Å²) in [6, 6.07) is 21.3. The molecular weight excluding hydrogens is 401 g/mol. The number of aliphatic carboxylic acids is 1. The Hall–Kier alpha value is -3.87. The van der Waals surface area contributed by atoms with Gasteiger partial charge in [-0.15, -0.1) is 0 Å². The van der Waals surface area contributed by atoms with Gasteiger partial charge in [-0.3, -0.25) is 0 Å². The van der Waals surface area contributed by atoms with Gasteiger partial charge in [0, 0.05) is 12.0 Å². The van der Waals surface area contributed by atoms with E-state index in [0.29, 0.717) is 16.9 Å². The van der Waals surface area contributed by atoms with Gasteiger partial charge in [0.25, 0.3) is 0 Å². The third kappa shape index (κ3) is 6.85. The lowest BCUT2D eigenvalue weighted by molar-refractivity contribution is -0.139. The summed E-state index contributed by atoms with van der Waals surface area (Å²) in [5, 5.41) is 11.7. The van der Waals surface area contributed by atoms with Crippen LogP contribution in [0, 0.1) is 5.82 Å². The van der Waals surface area contributed by atoms with E-state index in [2.05, 4.69) is 5.32 Å². The molecule has 0 saturated carbocycles. The van der Waals surface area contributed by atoms with Crippen molar-refractivity contribution in [2.24, 2.45) is 0 Å². The summed E-state index contributed by atoms with van der Waals surface area (Å²) in [6.45, 7) is -0.127. The summed E-state index contributed by atoms with van der Waals surface area (Å²) in [6.07, 6.45) is -0.768. The zero-order chi connectivity index (χ0) is 22.1. The van der Waals surface area contributed by atoms with E-state index in [0.717, 1.165) is 5.56 Å². The van der Waals surface area contributed by atoms with Crippen molar-refractivity contribution in [3.05, 3.63) is 101 Å². The van der Waals surface area contributed by atoms with Crippen molar-refractivity contribution in [1.82, 2.24) is 5.32 Å². The highest BCUT2D eigenvalue weighted by atomic mass is 19.1. The summed E-state index contributed by atoms with van der Waals surface area (Å²) in [7, 11) is 0. The van der Waals surface area contributed by atoms with Gasteiger partial charge in [0.1, 0.15) is 30.8 Å². The number of halogens is 1. The number of carbonyl (C=O) groups is 2. The highest BCUT2D eigenvalue weighted by Gasteiger charge is 2.21. The molecule has 0 spiro atoms. The van der Waals surface area contributed by atoms with Crippen molar-refractivity contribution in [3.63, 3.8) is 0 Å². The molecule has 6 nitrogen and oxygen atoms in total. The van der Waals surface area contributed by atoms with Crippen molar-refractivity contribution in [1.29, 1.82) is 0 Å². The van der Waals surface area contributed by atoms with E-state index in [1.165, 1.54) is 6.07 Å². The first kappa shape index (κ1) is 21.8. The fraction of sp³-hybridized carbons (Fsp3) is 0.167. The summed E-state index contributed by atoms with van der Waals surface area (Å²) < 4.78 is 24.9. The van der Waals surface area contributed by atoms with Crippen LogP contribution >= 0.6 is 0 Å². The third-order valence-electron chi connectivity index (χ3n) is 4.50. The largest absolute Gasteiger partial charge is 0.489 e. The first-order valence-corrected chi connectivity index (χ1v) is 9.66. The molecule has 3 aromatic rings. The number of ether oxygens (including phenoxy) is 2. The number of alkyl carbamates (subject to hydrolysis) is 1. The highest BCUT2D eigenvalue weighted by Crippen LogP contribution is 2.16. The molecule has 0 bridgehead atoms. The smallest absolute Gasteiger partial charge is 0.408 e. The zero-order valence-corrected chi connectivity index (χ0v) is 16.7. The molecule has 0 heterocycles. The predicted octanol–water partition coefficient (Wildman–Crippen LogP) is 4.33. The first-order valence-electron chi connectivity index (χ1n) is 9.66. The van der Waals surface area contributed by atoms with Crippen LogP contribution in [0.5, 0.6) is 5.75 Å². The Morgan fingerprint density at radius 3 is 2.23 bits per heavy atom. The third-order valence-corrected chi connectivity index (χ3v) is 4.50. The molecule has 0 fully saturated rings. The van der Waals surface area contributed by atoms with Crippen molar-refractivity contribution in [2.75, 3.05) is 0 Å². The molecule has 0 aromatic heterocycles. The number of nitrogens with one attached hydrogen (secondary N) is 1. The lowest BCUT2D eigenvalue weighted by Gasteiger charge is -2.15. The van der Waals surface area contributed by atoms with Crippen LogP contribution in [0.3, 0.4) is 0 Å². The van der Waals surface area contributed by atoms with Gasteiger partial charge in [-0.05, 0) is 29.3 Å². The van der Waals surface area contributed by atoms with Crippen molar-refractivity contribution in [3.8, 4) is 5.75 Å². The molecule has 0 aliphatic carbocycles. The molecule has 1 unspecified atom stereocenters. The minimum Gasteiger partial charge on any atom is -0.489 e. The molecule has 0 saturated heterocycles. The molecule has 3 rings (SSSR count). The van der Waals surface area contributed by atoms with Crippen LogP contribution in [0.15, 0.2) is 78.9 Å². The summed E-state index contributed by atoms with van der Waals surface area (Å²) in [5.41, 5.74) is 1.57. The van der Waals surface area contributed by atoms with Crippen molar-refractivity contribution < 1.29 is 28.6 Å². The molecule has 160 valence electrons. The van der Waals surface area contributed by atoms with Gasteiger partial charge in [-0.1, -0.05) is 60.7 Å². The molecule has 0 radical (unpaired) electrons. The van der Waals surface area contributed by atoms with Crippen LogP contribution in [0.2, 0.25) is 0 Å². The van der Waals surface area contributed by atoms with Crippen LogP contribution < -0.4 is 10.1 Å². The maximum atomic E-state index is 14.3. The van der Waals surface area contributed by atoms with Crippen LogP contribution in [-0.2, 0) is 29.2 Å². The number of para-hydroxylation sites is 1. The van der Waals surface area contributed by atoms with E-state index >= 15 is 0 Å². The standard InChI is InChI=1S/C24H22FNO5/c25-21-13-18(11-12-19(21)16-30-20-9-5-2-6-10-20)15-31-24(29)26-22(23(27)28)14-17-7-3-1-4-8-17/h1-13,22H,14-16H2,(H,26,29)(H,27,28). The Morgan fingerprint density at radius 2 is 1.58 bits per heavy atom. The minimum atomic E-state index is -1.17. The number of amides is 1. The molecule has 2 N–H and O–H groups in total. The zero-order valence-electron chi connectivity index (χ0n) is 16.7. The highest BCUT2D eigenvalue weighted by molar-refractivity contribution is 5.80. The monoisotopic (exact) mass is 423 g/mol. The van der Waals surface area contributed by atoms with Gasteiger partial charge >= 0.3 is 12.1 Å². The molecule has 7 heteroatoms. The number of hydrogen-bond acceptors (Lipinski definition) is 4. The molecular formula is C24H22FNO5. The SMILES string of the molecule is O=C(NC(Cc1ccccc1)C(=O)O)OCc1ccc(COc2ccccc2)c(F)c1. The van der Waals surface area contributed by atoms with Gasteiger partial charge < -0.3 is 19.9 Å². The Kier molecular flexibility index (Phi) is 7.59. The van der Waals surface area contributed by atoms with Crippen molar-refractivity contribution >= 4 is 12.1 Å². The normalized spacial score (nSPS) is 11.4. The summed E-state index contributed by atoms with van der Waals surface area (Å²) >= 11 is 0. The second kappa shape index (κ2) is 10.8. The second-order valence-corrected chi connectivity index (χ2v) is 6.83. The van der Waals surface area contributed by atoms with Gasteiger partial charge in [0.2, 0.25) is 0 Å². The molecule has 3 aromatic carbocycles. The van der Waals surface area contributed by atoms with Gasteiger partial charge in [-0.2, -0.15) is 0 Å². The van der Waals surface area contributed by atoms with Gasteiger partial charge in [0.15, 0.2) is 0 Å². The van der Waals surface area contributed by atoms with Crippen molar-refractivity contribution in [2.45, 2.75) is 25.7 Å². The maximum Gasteiger partial charge on any atom is 0.408 e. The molecule has 0 aliphatic rings. The van der Waals surface area contributed by atoms with E-state index < -0.39 is 23.9 Å². The number of carbonyl (C=O) groups excluding carboxylic acids is 1. The van der Waals surface area contributed by atoms with E-state index in [1.807, 2.05) is 24.3 Å². The lowest BCUT2D eigenvalue weighted by atomic mass is 10.1. The second-order valence-electron chi connectivity index (χ2n) is 6.83. The molecule has 1 atom stereocenters. The van der Waals surface area contributed by atoms with Gasteiger partial charge in [-0.25, -0.2) is 14.0 Å². The Morgan fingerprint density at radius 1 is 0.903 bits per heavy atom. The fourth-order valence-electron chi connectivity index (χ4n) is 2.86.